The summed E-state index contributed by atoms with van der Waals surface area (Å²) in [6, 6.07) is 13.8. The van der Waals surface area contributed by atoms with Gasteiger partial charge in [0.05, 0.1) is 12.2 Å². The molecule has 0 fully saturated rings. The maximum absolute atomic E-state index is 13.2. The van der Waals surface area contributed by atoms with E-state index in [9.17, 15) is 14.9 Å². The molecule has 0 unspecified atom stereocenters. The number of fused-ring (bicyclic) bond motifs is 1. The first-order valence-electron chi connectivity index (χ1n) is 11.1. The highest BCUT2D eigenvalue weighted by molar-refractivity contribution is 6.09. The molecule has 0 bridgehead atoms. The van der Waals surface area contributed by atoms with Crippen molar-refractivity contribution in [3.63, 3.8) is 0 Å². The van der Waals surface area contributed by atoms with E-state index in [-0.39, 0.29) is 24.5 Å². The number of carbonyl (C=O) groups is 2. The number of pyridine rings is 1. The number of benzene rings is 1. The quantitative estimate of drug-likeness (QED) is 0.320. The minimum Gasteiger partial charge on any atom is -0.481 e. The lowest BCUT2D eigenvalue weighted by Gasteiger charge is -2.11. The van der Waals surface area contributed by atoms with Crippen molar-refractivity contribution in [2.24, 2.45) is 13.0 Å². The summed E-state index contributed by atoms with van der Waals surface area (Å²) in [7, 11) is 1.88. The number of hydrogen-bond donors (Lipinski definition) is 1. The fourth-order valence-corrected chi connectivity index (χ4v) is 4.07. The molecule has 1 atom stereocenters. The van der Waals surface area contributed by atoms with Crippen LogP contribution in [-0.4, -0.2) is 33.0 Å². The number of nitrogens with zero attached hydrogens (tertiary/aromatic N) is 3. The second-order valence-electron chi connectivity index (χ2n) is 8.41. The lowest BCUT2D eigenvalue weighted by Crippen LogP contribution is -2.12. The molecule has 3 rings (SSSR count). The summed E-state index contributed by atoms with van der Waals surface area (Å²) in [6.45, 7) is 2.95. The average Bonchev–Trinajstić information content (AvgIpc) is 3.07. The molecule has 0 aliphatic heterocycles. The van der Waals surface area contributed by atoms with Gasteiger partial charge in [0.1, 0.15) is 11.7 Å². The van der Waals surface area contributed by atoms with Gasteiger partial charge in [0.2, 0.25) is 0 Å². The molecular formula is C26H29N3O4. The second-order valence-corrected chi connectivity index (χ2v) is 8.41. The summed E-state index contributed by atoms with van der Waals surface area (Å²) < 4.78 is 7.68. The van der Waals surface area contributed by atoms with E-state index in [0.29, 0.717) is 41.8 Å². The summed E-state index contributed by atoms with van der Waals surface area (Å²) in [5.41, 5.74) is 3.59. The van der Waals surface area contributed by atoms with Gasteiger partial charge in [-0.3, -0.25) is 9.59 Å². The molecule has 1 N–H and O–H groups in total. The first-order chi connectivity index (χ1) is 15.9. The number of nitriles is 1. The van der Waals surface area contributed by atoms with E-state index in [4.69, 9.17) is 9.84 Å². The number of Topliss-reactive ketones (excluding diaryl/α,β-unsaturated/α-hetero) is 1. The molecule has 1 aromatic carbocycles. The maximum Gasteiger partial charge on any atom is 0.303 e. The molecule has 0 radical (unpaired) electrons. The number of carboxylic acid groups (broad SMARTS) is 1. The van der Waals surface area contributed by atoms with Gasteiger partial charge in [0, 0.05) is 49.3 Å². The Bertz CT molecular complexity index is 1160. The normalized spacial score (nSPS) is 11.9. The Morgan fingerprint density at radius 1 is 1.21 bits per heavy atom. The topological polar surface area (TPSA) is 105 Å². The van der Waals surface area contributed by atoms with Gasteiger partial charge in [-0.15, -0.1) is 0 Å². The third-order valence-corrected chi connectivity index (χ3v) is 5.68. The summed E-state index contributed by atoms with van der Waals surface area (Å²) in [6.07, 6.45) is 3.91. The first kappa shape index (κ1) is 24.1. The number of rotatable bonds is 12. The minimum atomic E-state index is -0.919. The highest BCUT2D eigenvalue weighted by Gasteiger charge is 2.24. The number of unbranched alkanes of at least 4 members (excludes halogenated alkanes) is 1. The van der Waals surface area contributed by atoms with Gasteiger partial charge < -0.3 is 14.4 Å². The van der Waals surface area contributed by atoms with Crippen molar-refractivity contribution in [1.82, 2.24) is 9.55 Å². The van der Waals surface area contributed by atoms with Crippen molar-refractivity contribution >= 4 is 22.8 Å². The van der Waals surface area contributed by atoms with Crippen LogP contribution in [0.3, 0.4) is 0 Å². The molecule has 33 heavy (non-hydrogen) atoms. The van der Waals surface area contributed by atoms with Crippen LogP contribution in [0, 0.1) is 17.2 Å². The van der Waals surface area contributed by atoms with Crippen molar-refractivity contribution in [3.05, 3.63) is 65.0 Å². The fraction of sp³-hybridized carbons (Fsp3) is 0.385. The van der Waals surface area contributed by atoms with Crippen molar-refractivity contribution in [3.8, 4) is 6.07 Å². The molecule has 7 nitrogen and oxygen atoms in total. The molecule has 2 heterocycles. The smallest absolute Gasteiger partial charge is 0.303 e. The number of aromatic nitrogens is 2. The molecule has 3 aromatic rings. The molecule has 2 aromatic heterocycles. The Balaban J connectivity index is 1.73. The van der Waals surface area contributed by atoms with Crippen molar-refractivity contribution in [2.45, 2.75) is 45.6 Å². The zero-order chi connectivity index (χ0) is 23.8. The van der Waals surface area contributed by atoms with Crippen molar-refractivity contribution in [1.29, 1.82) is 5.26 Å². The Kier molecular flexibility index (Phi) is 8.34. The summed E-state index contributed by atoms with van der Waals surface area (Å²) in [5.74, 6) is -1.31. The standard InChI is InChI=1S/C26H29N3O4/c1-18(13-24(31)32)12-23(30)25-21-14-20(15-27)16-28-26(21)29(2)22(25)10-6-7-11-33-17-19-8-4-3-5-9-19/h3-5,8-9,14,16,18H,6-7,10-13,17H2,1-2H3,(H,31,32)/t18-/m0/s1. The highest BCUT2D eigenvalue weighted by Crippen LogP contribution is 2.29. The van der Waals surface area contributed by atoms with Crippen LogP contribution >= 0.6 is 0 Å². The molecular weight excluding hydrogens is 418 g/mol. The van der Waals surface area contributed by atoms with E-state index >= 15 is 0 Å². The number of aliphatic carboxylic acids is 1. The zero-order valence-corrected chi connectivity index (χ0v) is 19.1. The van der Waals surface area contributed by atoms with Gasteiger partial charge in [-0.2, -0.15) is 5.26 Å². The Labute approximate surface area is 193 Å². The van der Waals surface area contributed by atoms with Crippen LogP contribution in [0.5, 0.6) is 0 Å². The molecule has 0 saturated heterocycles. The zero-order valence-electron chi connectivity index (χ0n) is 19.1. The van der Waals surface area contributed by atoms with Gasteiger partial charge in [0.25, 0.3) is 0 Å². The van der Waals surface area contributed by atoms with Gasteiger partial charge in [-0.25, -0.2) is 4.98 Å². The van der Waals surface area contributed by atoms with Gasteiger partial charge in [-0.05, 0) is 36.8 Å². The van der Waals surface area contributed by atoms with Crippen LogP contribution in [0.15, 0.2) is 42.6 Å². The fourth-order valence-electron chi connectivity index (χ4n) is 4.07. The predicted octanol–water partition coefficient (Wildman–Crippen LogP) is 4.67. The minimum absolute atomic E-state index is 0.0632. The van der Waals surface area contributed by atoms with Crippen LogP contribution in [0.25, 0.3) is 11.0 Å². The Hall–Kier alpha value is -3.50. The van der Waals surface area contributed by atoms with E-state index in [1.807, 2.05) is 41.9 Å². The number of carbonyl (C=O) groups excluding carboxylic acids is 1. The number of hydrogen-bond acceptors (Lipinski definition) is 5. The molecule has 7 heteroatoms. The summed E-state index contributed by atoms with van der Waals surface area (Å²) in [5, 5.41) is 19.0. The first-order valence-corrected chi connectivity index (χ1v) is 11.1. The molecule has 0 aliphatic carbocycles. The second kappa shape index (κ2) is 11.4. The SMILES string of the molecule is C[C@H](CC(=O)O)CC(=O)c1c(CCCCOCc2ccccc2)n(C)c2ncc(C#N)cc12. The van der Waals surface area contributed by atoms with E-state index in [1.165, 1.54) is 6.20 Å². The van der Waals surface area contributed by atoms with Crippen molar-refractivity contribution < 1.29 is 19.4 Å². The van der Waals surface area contributed by atoms with Crippen molar-refractivity contribution in [2.75, 3.05) is 6.61 Å². The molecule has 0 spiro atoms. The molecule has 0 aliphatic rings. The predicted molar refractivity (Wildman–Crippen MR) is 125 cm³/mol. The summed E-state index contributed by atoms with van der Waals surface area (Å²) >= 11 is 0. The molecule has 0 amide bonds. The summed E-state index contributed by atoms with van der Waals surface area (Å²) in [4.78, 5) is 28.7. The number of carboxylic acids is 1. The van der Waals surface area contributed by atoms with Crippen LogP contribution in [0.1, 0.15) is 59.8 Å². The Morgan fingerprint density at radius 3 is 2.67 bits per heavy atom. The average molecular weight is 448 g/mol. The van der Waals surface area contributed by atoms with Gasteiger partial charge in [-0.1, -0.05) is 37.3 Å². The van der Waals surface area contributed by atoms with Crippen LogP contribution in [0.2, 0.25) is 0 Å². The lowest BCUT2D eigenvalue weighted by molar-refractivity contribution is -0.137. The largest absolute Gasteiger partial charge is 0.481 e. The van der Waals surface area contributed by atoms with E-state index in [0.717, 1.165) is 24.1 Å². The number of aryl methyl sites for hydroxylation is 1. The number of ether oxygens (including phenoxy) is 1. The maximum atomic E-state index is 13.2. The third-order valence-electron chi connectivity index (χ3n) is 5.68. The van der Waals surface area contributed by atoms with E-state index < -0.39 is 5.97 Å². The highest BCUT2D eigenvalue weighted by atomic mass is 16.5. The third kappa shape index (κ3) is 6.27. The van der Waals surface area contributed by atoms with Gasteiger partial charge >= 0.3 is 5.97 Å². The van der Waals surface area contributed by atoms with Gasteiger partial charge in [0.15, 0.2) is 5.78 Å². The van der Waals surface area contributed by atoms with Crippen LogP contribution < -0.4 is 0 Å². The molecule has 0 saturated carbocycles. The molecule has 172 valence electrons. The lowest BCUT2D eigenvalue weighted by atomic mass is 9.94. The van der Waals surface area contributed by atoms with Crippen LogP contribution in [-0.2, 0) is 29.6 Å². The number of ketones is 1. The monoisotopic (exact) mass is 447 g/mol. The Morgan fingerprint density at radius 2 is 1.97 bits per heavy atom. The van der Waals surface area contributed by atoms with Crippen LogP contribution in [0.4, 0.5) is 0 Å². The van der Waals surface area contributed by atoms with E-state index in [2.05, 4.69) is 11.1 Å². The van der Waals surface area contributed by atoms with E-state index in [1.54, 1.807) is 13.0 Å².